The highest BCUT2D eigenvalue weighted by Crippen LogP contribution is 2.27. The number of hydrogen-bond donors (Lipinski definition) is 1. The largest absolute Gasteiger partial charge is 0.495 e. The Hall–Kier alpha value is -1.86. The van der Waals surface area contributed by atoms with Crippen LogP contribution in [0.2, 0.25) is 0 Å². The number of rotatable bonds is 5. The number of carboxylic acid groups (broad SMARTS) is 1. The molecule has 19 heavy (non-hydrogen) atoms. The molecule has 0 spiro atoms. The van der Waals surface area contributed by atoms with Crippen LogP contribution < -0.4 is 4.74 Å². The number of ether oxygens (including phenoxy) is 1. The van der Waals surface area contributed by atoms with Crippen molar-refractivity contribution in [2.24, 2.45) is 0 Å². The van der Waals surface area contributed by atoms with E-state index < -0.39 is 16.0 Å². The van der Waals surface area contributed by atoms with Gasteiger partial charge >= 0.3 is 5.97 Å². The summed E-state index contributed by atoms with van der Waals surface area (Å²) in [5.74, 6) is -0.894. The first kappa shape index (κ1) is 15.2. The van der Waals surface area contributed by atoms with Crippen LogP contribution in [0.3, 0.4) is 0 Å². The molecule has 0 aliphatic carbocycles. The summed E-state index contributed by atoms with van der Waals surface area (Å²) >= 11 is 0. The van der Waals surface area contributed by atoms with Crippen LogP contribution in [0.4, 0.5) is 0 Å². The fourth-order valence-electron chi connectivity index (χ4n) is 1.36. The Morgan fingerprint density at radius 2 is 2.00 bits per heavy atom. The first-order valence-electron chi connectivity index (χ1n) is 5.30. The highest BCUT2D eigenvalue weighted by atomic mass is 32.2. The monoisotopic (exact) mass is 285 g/mol. The minimum Gasteiger partial charge on any atom is -0.495 e. The molecule has 0 aromatic heterocycles. The van der Waals surface area contributed by atoms with Crippen LogP contribution in [-0.2, 0) is 14.8 Å². The van der Waals surface area contributed by atoms with Gasteiger partial charge in [0.1, 0.15) is 10.6 Å². The summed E-state index contributed by atoms with van der Waals surface area (Å²) in [6.45, 7) is 0. The SMILES string of the molecule is COc1ccc(/C=C/C(=O)O)cc1S(=O)(=O)N(C)C. The van der Waals surface area contributed by atoms with Crippen LogP contribution in [0.15, 0.2) is 29.2 Å². The van der Waals surface area contributed by atoms with E-state index in [9.17, 15) is 13.2 Å². The van der Waals surface area contributed by atoms with Gasteiger partial charge in [-0.25, -0.2) is 17.5 Å². The molecule has 0 fully saturated rings. The zero-order valence-electron chi connectivity index (χ0n) is 10.8. The predicted octanol–water partition coefficient (Wildman–Crippen LogP) is 1.04. The van der Waals surface area contributed by atoms with E-state index in [0.717, 1.165) is 10.4 Å². The molecular weight excluding hydrogens is 270 g/mol. The number of carboxylic acids is 1. The molecule has 1 aromatic rings. The molecule has 0 radical (unpaired) electrons. The van der Waals surface area contributed by atoms with Crippen LogP contribution in [0.5, 0.6) is 5.75 Å². The maximum absolute atomic E-state index is 12.1. The summed E-state index contributed by atoms with van der Waals surface area (Å²) in [6.07, 6.45) is 2.25. The standard InChI is InChI=1S/C12H15NO5S/c1-13(2)19(16,17)11-8-9(5-7-12(14)15)4-6-10(11)18-3/h4-8H,1-3H3,(H,14,15)/b7-5+. The summed E-state index contributed by atoms with van der Waals surface area (Å²) in [7, 11) is 0.541. The topological polar surface area (TPSA) is 83.9 Å². The van der Waals surface area contributed by atoms with Gasteiger partial charge in [0.15, 0.2) is 0 Å². The van der Waals surface area contributed by atoms with Gasteiger partial charge in [0.25, 0.3) is 0 Å². The van der Waals surface area contributed by atoms with E-state index in [2.05, 4.69) is 0 Å². The molecule has 0 unspecified atom stereocenters. The molecule has 0 heterocycles. The van der Waals surface area contributed by atoms with E-state index in [1.165, 1.54) is 39.4 Å². The number of carbonyl (C=O) groups is 1. The number of sulfonamides is 1. The smallest absolute Gasteiger partial charge is 0.328 e. The minimum atomic E-state index is -3.65. The zero-order valence-corrected chi connectivity index (χ0v) is 11.6. The molecule has 104 valence electrons. The molecule has 7 heteroatoms. The van der Waals surface area contributed by atoms with Gasteiger partial charge in [-0.3, -0.25) is 0 Å². The zero-order chi connectivity index (χ0) is 14.6. The molecule has 0 atom stereocenters. The van der Waals surface area contributed by atoms with Crippen LogP contribution in [0.25, 0.3) is 6.08 Å². The molecule has 0 saturated heterocycles. The van der Waals surface area contributed by atoms with E-state index in [1.807, 2.05) is 0 Å². The molecule has 0 saturated carbocycles. The normalized spacial score (nSPS) is 12.0. The van der Waals surface area contributed by atoms with Crippen molar-refractivity contribution in [1.29, 1.82) is 0 Å². The third kappa shape index (κ3) is 3.55. The van der Waals surface area contributed by atoms with E-state index in [0.29, 0.717) is 5.56 Å². The van der Waals surface area contributed by atoms with Gasteiger partial charge in [0.05, 0.1) is 7.11 Å². The highest BCUT2D eigenvalue weighted by molar-refractivity contribution is 7.89. The molecule has 1 N–H and O–H groups in total. The summed E-state index contributed by atoms with van der Waals surface area (Å²) < 4.78 is 30.3. The Labute approximate surface area is 112 Å². The van der Waals surface area contributed by atoms with Gasteiger partial charge in [-0.05, 0) is 23.8 Å². The van der Waals surface area contributed by atoms with E-state index in [-0.39, 0.29) is 10.6 Å². The van der Waals surface area contributed by atoms with Gasteiger partial charge in [-0.15, -0.1) is 0 Å². The minimum absolute atomic E-state index is 0.00691. The Balaban J connectivity index is 3.37. The van der Waals surface area contributed by atoms with Crippen molar-refractivity contribution >= 4 is 22.1 Å². The molecule has 0 aliphatic rings. The third-order valence-electron chi connectivity index (χ3n) is 2.36. The fraction of sp³-hybridized carbons (Fsp3) is 0.250. The first-order chi connectivity index (χ1) is 8.78. The lowest BCUT2D eigenvalue weighted by atomic mass is 10.2. The molecular formula is C12H15NO5S. The maximum Gasteiger partial charge on any atom is 0.328 e. The van der Waals surface area contributed by atoms with Gasteiger partial charge in [-0.1, -0.05) is 6.07 Å². The third-order valence-corrected chi connectivity index (χ3v) is 4.20. The van der Waals surface area contributed by atoms with Crippen molar-refractivity contribution in [2.75, 3.05) is 21.2 Å². The van der Waals surface area contributed by atoms with Crippen molar-refractivity contribution < 1.29 is 23.1 Å². The van der Waals surface area contributed by atoms with Crippen LogP contribution >= 0.6 is 0 Å². The number of benzene rings is 1. The van der Waals surface area contributed by atoms with Crippen molar-refractivity contribution in [3.05, 3.63) is 29.8 Å². The molecule has 0 aliphatic heterocycles. The average molecular weight is 285 g/mol. The fourth-order valence-corrected chi connectivity index (χ4v) is 2.45. The lowest BCUT2D eigenvalue weighted by Gasteiger charge is -2.14. The van der Waals surface area contributed by atoms with Crippen LogP contribution in [0.1, 0.15) is 5.56 Å². The van der Waals surface area contributed by atoms with E-state index in [4.69, 9.17) is 9.84 Å². The number of hydrogen-bond acceptors (Lipinski definition) is 4. The second-order valence-corrected chi connectivity index (χ2v) is 5.99. The van der Waals surface area contributed by atoms with Crippen LogP contribution in [0, 0.1) is 0 Å². The Morgan fingerprint density at radius 3 is 2.47 bits per heavy atom. The maximum atomic E-state index is 12.1. The number of nitrogens with zero attached hydrogens (tertiary/aromatic N) is 1. The van der Waals surface area contributed by atoms with E-state index in [1.54, 1.807) is 6.07 Å². The Bertz CT molecular complexity index is 605. The molecule has 0 bridgehead atoms. The molecule has 1 aromatic carbocycles. The lowest BCUT2D eigenvalue weighted by molar-refractivity contribution is -0.131. The van der Waals surface area contributed by atoms with E-state index >= 15 is 0 Å². The summed E-state index contributed by atoms with van der Waals surface area (Å²) in [4.78, 5) is 10.4. The summed E-state index contributed by atoms with van der Waals surface area (Å²) in [5, 5.41) is 8.55. The average Bonchev–Trinajstić information content (AvgIpc) is 2.35. The first-order valence-corrected chi connectivity index (χ1v) is 6.74. The summed E-state index contributed by atoms with van der Waals surface area (Å²) in [6, 6.07) is 4.43. The van der Waals surface area contributed by atoms with Gasteiger partial charge in [0, 0.05) is 20.2 Å². The van der Waals surface area contributed by atoms with Crippen molar-refractivity contribution in [3.8, 4) is 5.75 Å². The lowest BCUT2D eigenvalue weighted by Crippen LogP contribution is -2.22. The second-order valence-electron chi connectivity index (χ2n) is 3.87. The molecule has 0 amide bonds. The van der Waals surface area contributed by atoms with Crippen molar-refractivity contribution in [2.45, 2.75) is 4.90 Å². The quantitative estimate of drug-likeness (QED) is 0.817. The second kappa shape index (κ2) is 5.85. The number of aliphatic carboxylic acids is 1. The Morgan fingerprint density at radius 1 is 1.37 bits per heavy atom. The van der Waals surface area contributed by atoms with Crippen molar-refractivity contribution in [1.82, 2.24) is 4.31 Å². The number of methoxy groups -OCH3 is 1. The Kier molecular flexibility index (Phi) is 4.68. The van der Waals surface area contributed by atoms with Gasteiger partial charge < -0.3 is 9.84 Å². The van der Waals surface area contributed by atoms with Crippen LogP contribution in [-0.4, -0.2) is 45.0 Å². The molecule has 6 nitrogen and oxygen atoms in total. The van der Waals surface area contributed by atoms with Gasteiger partial charge in [0.2, 0.25) is 10.0 Å². The van der Waals surface area contributed by atoms with Crippen molar-refractivity contribution in [3.63, 3.8) is 0 Å². The summed E-state index contributed by atoms with van der Waals surface area (Å²) in [5.41, 5.74) is 0.462. The van der Waals surface area contributed by atoms with Gasteiger partial charge in [-0.2, -0.15) is 0 Å². The highest BCUT2D eigenvalue weighted by Gasteiger charge is 2.22. The molecule has 1 rings (SSSR count). The predicted molar refractivity (Wildman–Crippen MR) is 70.5 cm³/mol.